The molecule has 0 amide bonds. The maximum Gasteiger partial charge on any atom is 0.251 e. The zero-order valence-corrected chi connectivity index (χ0v) is 13.0. The summed E-state index contributed by atoms with van der Waals surface area (Å²) >= 11 is 3.08. The van der Waals surface area contributed by atoms with Crippen molar-refractivity contribution >= 4 is 26.0 Å². The first-order valence-electron chi connectivity index (χ1n) is 5.74. The van der Waals surface area contributed by atoms with Crippen LogP contribution in [0.15, 0.2) is 21.5 Å². The van der Waals surface area contributed by atoms with Crippen LogP contribution >= 0.6 is 15.9 Å². The molecule has 2 N–H and O–H groups in total. The van der Waals surface area contributed by atoms with Crippen LogP contribution in [0.5, 0.6) is 0 Å². The van der Waals surface area contributed by atoms with E-state index in [0.717, 1.165) is 6.07 Å². The fourth-order valence-corrected chi connectivity index (χ4v) is 3.26. The molecule has 0 saturated heterocycles. The van der Waals surface area contributed by atoms with E-state index in [1.165, 1.54) is 6.07 Å². The third-order valence-corrected chi connectivity index (χ3v) is 4.24. The molecule has 0 aliphatic rings. The zero-order chi connectivity index (χ0) is 15.3. The molecular weight excluding hydrogens is 361 g/mol. The summed E-state index contributed by atoms with van der Waals surface area (Å²) in [6.07, 6.45) is -2.85. The third kappa shape index (κ3) is 4.72. The highest BCUT2D eigenvalue weighted by Crippen LogP contribution is 2.24. The van der Waals surface area contributed by atoms with Crippen LogP contribution in [0.4, 0.5) is 13.2 Å². The van der Waals surface area contributed by atoms with Gasteiger partial charge in [0, 0.05) is 16.6 Å². The van der Waals surface area contributed by atoms with E-state index in [4.69, 9.17) is 0 Å². The minimum absolute atomic E-state index is 0.138. The Morgan fingerprint density at radius 2 is 2.00 bits per heavy atom. The SMILES string of the molecule is CCNCc1cc(Br)cc(S(=O)(=O)NCC(F)F)c1F. The van der Waals surface area contributed by atoms with Gasteiger partial charge in [0.05, 0.1) is 6.54 Å². The Morgan fingerprint density at radius 3 is 2.55 bits per heavy atom. The number of halogens is 4. The van der Waals surface area contributed by atoms with Gasteiger partial charge < -0.3 is 5.32 Å². The van der Waals surface area contributed by atoms with Gasteiger partial charge in [0.15, 0.2) is 0 Å². The number of alkyl halides is 2. The monoisotopic (exact) mass is 374 g/mol. The van der Waals surface area contributed by atoms with E-state index in [9.17, 15) is 21.6 Å². The van der Waals surface area contributed by atoms with Gasteiger partial charge in [-0.3, -0.25) is 0 Å². The summed E-state index contributed by atoms with van der Waals surface area (Å²) in [4.78, 5) is -0.652. The van der Waals surface area contributed by atoms with E-state index in [-0.39, 0.29) is 12.1 Å². The first kappa shape index (κ1) is 17.4. The molecule has 0 bridgehead atoms. The van der Waals surface area contributed by atoms with Crippen molar-refractivity contribution in [3.8, 4) is 0 Å². The molecule has 0 unspecified atom stereocenters. The lowest BCUT2D eigenvalue weighted by atomic mass is 10.2. The van der Waals surface area contributed by atoms with Gasteiger partial charge >= 0.3 is 0 Å². The Morgan fingerprint density at radius 1 is 1.35 bits per heavy atom. The Labute approximate surface area is 123 Å². The Kier molecular flexibility index (Phi) is 6.44. The van der Waals surface area contributed by atoms with Gasteiger partial charge in [-0.1, -0.05) is 22.9 Å². The Hall–Kier alpha value is -0.640. The van der Waals surface area contributed by atoms with E-state index >= 15 is 0 Å². The number of hydrogen-bond acceptors (Lipinski definition) is 3. The summed E-state index contributed by atoms with van der Waals surface area (Å²) in [7, 11) is -4.32. The van der Waals surface area contributed by atoms with Crippen LogP contribution in [0.2, 0.25) is 0 Å². The van der Waals surface area contributed by atoms with E-state index in [0.29, 0.717) is 11.0 Å². The van der Waals surface area contributed by atoms with Crippen LogP contribution in [0.1, 0.15) is 12.5 Å². The van der Waals surface area contributed by atoms with Gasteiger partial charge in [-0.25, -0.2) is 26.3 Å². The van der Waals surface area contributed by atoms with Crippen LogP contribution in [-0.4, -0.2) is 27.9 Å². The molecule has 1 rings (SSSR count). The van der Waals surface area contributed by atoms with E-state index < -0.39 is 33.7 Å². The Bertz CT molecular complexity index is 567. The maximum absolute atomic E-state index is 14.1. The summed E-state index contributed by atoms with van der Waals surface area (Å²) in [5.41, 5.74) is 0.138. The van der Waals surface area contributed by atoms with Crippen LogP contribution in [0, 0.1) is 5.82 Å². The predicted octanol–water partition coefficient (Wildman–Crippen LogP) is 2.24. The number of sulfonamides is 1. The summed E-state index contributed by atoms with van der Waals surface area (Å²) < 4.78 is 63.9. The molecule has 0 atom stereocenters. The molecule has 0 fully saturated rings. The van der Waals surface area contributed by atoms with Gasteiger partial charge in [0.25, 0.3) is 6.43 Å². The average molecular weight is 375 g/mol. The summed E-state index contributed by atoms with van der Waals surface area (Å²) in [5, 5.41) is 2.87. The van der Waals surface area contributed by atoms with Gasteiger partial charge in [0.2, 0.25) is 10.0 Å². The molecule has 4 nitrogen and oxygen atoms in total. The smallest absolute Gasteiger partial charge is 0.251 e. The second kappa shape index (κ2) is 7.39. The standard InChI is InChI=1S/C11H14BrF3N2O2S/c1-2-16-5-7-3-8(12)4-9(11(7)15)20(18,19)17-6-10(13)14/h3-4,10,16-17H,2,5-6H2,1H3. The minimum Gasteiger partial charge on any atom is -0.313 e. The van der Waals surface area contributed by atoms with Crippen molar-refractivity contribution in [3.05, 3.63) is 28.0 Å². The van der Waals surface area contributed by atoms with Gasteiger partial charge in [-0.15, -0.1) is 0 Å². The van der Waals surface area contributed by atoms with Crippen molar-refractivity contribution in [2.75, 3.05) is 13.1 Å². The highest BCUT2D eigenvalue weighted by molar-refractivity contribution is 9.10. The van der Waals surface area contributed by atoms with Crippen molar-refractivity contribution in [2.45, 2.75) is 24.8 Å². The molecule has 0 radical (unpaired) electrons. The normalized spacial score (nSPS) is 12.1. The molecule has 0 saturated carbocycles. The molecule has 0 heterocycles. The first-order valence-corrected chi connectivity index (χ1v) is 8.02. The topological polar surface area (TPSA) is 58.2 Å². The van der Waals surface area contributed by atoms with Crippen molar-refractivity contribution in [3.63, 3.8) is 0 Å². The predicted molar refractivity (Wildman–Crippen MR) is 72.7 cm³/mol. The Balaban J connectivity index is 3.13. The van der Waals surface area contributed by atoms with Crippen LogP contribution in [-0.2, 0) is 16.6 Å². The third-order valence-electron chi connectivity index (χ3n) is 2.36. The fourth-order valence-electron chi connectivity index (χ4n) is 1.45. The molecule has 9 heteroatoms. The fraction of sp³-hybridized carbons (Fsp3) is 0.455. The number of rotatable bonds is 7. The van der Waals surface area contributed by atoms with Gasteiger partial charge in [-0.2, -0.15) is 0 Å². The summed E-state index contributed by atoms with van der Waals surface area (Å²) in [5.74, 6) is -0.948. The number of benzene rings is 1. The van der Waals surface area contributed by atoms with Crippen LogP contribution in [0.25, 0.3) is 0 Å². The van der Waals surface area contributed by atoms with E-state index in [1.54, 1.807) is 4.72 Å². The minimum atomic E-state index is -4.32. The lowest BCUT2D eigenvalue weighted by Gasteiger charge is -2.11. The molecule has 0 aliphatic carbocycles. The number of nitrogens with one attached hydrogen (secondary N) is 2. The van der Waals surface area contributed by atoms with Crippen molar-refractivity contribution < 1.29 is 21.6 Å². The van der Waals surface area contributed by atoms with Crippen molar-refractivity contribution in [1.29, 1.82) is 0 Å². The highest BCUT2D eigenvalue weighted by atomic mass is 79.9. The maximum atomic E-state index is 14.1. The van der Waals surface area contributed by atoms with Crippen molar-refractivity contribution in [1.82, 2.24) is 10.0 Å². The summed E-state index contributed by atoms with van der Waals surface area (Å²) in [6, 6.07) is 2.47. The van der Waals surface area contributed by atoms with Crippen LogP contribution in [0.3, 0.4) is 0 Å². The highest BCUT2D eigenvalue weighted by Gasteiger charge is 2.23. The second-order valence-corrected chi connectivity index (χ2v) is 6.55. The van der Waals surface area contributed by atoms with Gasteiger partial charge in [-0.05, 0) is 18.7 Å². The molecule has 20 heavy (non-hydrogen) atoms. The first-order chi connectivity index (χ1) is 9.27. The van der Waals surface area contributed by atoms with E-state index in [1.807, 2.05) is 6.92 Å². The molecule has 1 aromatic carbocycles. The van der Waals surface area contributed by atoms with Crippen LogP contribution < -0.4 is 10.0 Å². The largest absolute Gasteiger partial charge is 0.313 e. The van der Waals surface area contributed by atoms with Gasteiger partial charge in [0.1, 0.15) is 10.7 Å². The molecule has 0 aromatic heterocycles. The molecule has 0 aliphatic heterocycles. The zero-order valence-electron chi connectivity index (χ0n) is 10.6. The van der Waals surface area contributed by atoms with Crippen molar-refractivity contribution in [2.24, 2.45) is 0 Å². The molecular formula is C11H14BrF3N2O2S. The lowest BCUT2D eigenvalue weighted by molar-refractivity contribution is 0.153. The molecule has 0 spiro atoms. The molecule has 1 aromatic rings. The second-order valence-electron chi connectivity index (χ2n) is 3.90. The average Bonchev–Trinajstić information content (AvgIpc) is 2.37. The quantitative estimate of drug-likeness (QED) is 0.769. The molecule has 114 valence electrons. The lowest BCUT2D eigenvalue weighted by Crippen LogP contribution is -2.29. The number of hydrogen-bond donors (Lipinski definition) is 2. The van der Waals surface area contributed by atoms with E-state index in [2.05, 4.69) is 21.2 Å². The summed E-state index contributed by atoms with van der Waals surface area (Å²) in [6.45, 7) is 1.48.